The summed E-state index contributed by atoms with van der Waals surface area (Å²) >= 11 is 0. The molecule has 2 fully saturated rings. The summed E-state index contributed by atoms with van der Waals surface area (Å²) in [6, 6.07) is 0.199. The van der Waals surface area contributed by atoms with E-state index in [9.17, 15) is 72.9 Å². The first-order valence-electron chi connectivity index (χ1n) is 29.1. The number of nitrogens with zero attached hydrogens (tertiary/aromatic N) is 2. The standard InChI is InChI=1S/C58H79N15O15/c1-31(2)22-41(68-56(86)45(29-74)72-53(83)42(23-32-12-14-35(75)15-13-32)69-55(85)44(25-34-27-61-30-64-34)71-50(80)38-16-18-48(77)65-38)52(82)66-39(17-19-49(78)79)51(81)70-43(24-33-26-62-37-9-4-3-8-36(33)37)54(84)67-40(10-5-6-20-59)58(88)73-21-7-11-46(73)57(87)63-28-47(60)76/h3-4,8-9,12-15,26-27,30-31,38-46,62,74-75H,5-7,10-11,16-25,28-29,59H2,1-2H3,(H2,60,76)(H,61,64)(H,63,87)(H,65,77)(H,66,82)(H,67,84)(H,68,86)(H,69,85)(H,70,81)(H,71,80)(H,72,83)(H,78,79)/t38-,39-,40-,41-,42-,43-,44-,45-,46-/m0/s1. The summed E-state index contributed by atoms with van der Waals surface area (Å²) in [6.45, 7) is 2.31. The number of para-hydroxylation sites is 1. The lowest BCUT2D eigenvalue weighted by atomic mass is 10.0. The van der Waals surface area contributed by atoms with E-state index in [4.69, 9.17) is 11.5 Å². The molecule has 0 radical (unpaired) electrons. The summed E-state index contributed by atoms with van der Waals surface area (Å²) < 4.78 is 0. The van der Waals surface area contributed by atoms with Gasteiger partial charge < -0.3 is 89.5 Å². The molecule has 18 N–H and O–H groups in total. The number of aromatic nitrogens is 3. The smallest absolute Gasteiger partial charge is 0.303 e. The van der Waals surface area contributed by atoms with Crippen molar-refractivity contribution in [1.29, 1.82) is 0 Å². The molecule has 2 aromatic heterocycles. The van der Waals surface area contributed by atoms with Crippen LogP contribution in [0.2, 0.25) is 0 Å². The van der Waals surface area contributed by atoms with E-state index in [1.807, 2.05) is 0 Å². The number of nitrogens with two attached hydrogens (primary N) is 2. The van der Waals surface area contributed by atoms with Crippen molar-refractivity contribution in [2.24, 2.45) is 17.4 Å². The minimum Gasteiger partial charge on any atom is -0.508 e. The highest BCUT2D eigenvalue weighted by atomic mass is 16.4. The lowest BCUT2D eigenvalue weighted by Gasteiger charge is -2.30. The van der Waals surface area contributed by atoms with Crippen molar-refractivity contribution in [1.82, 2.24) is 67.7 Å². The van der Waals surface area contributed by atoms with Gasteiger partial charge in [0, 0.05) is 67.6 Å². The Hall–Kier alpha value is -9.45. The fraction of sp³-hybridized carbons (Fsp3) is 0.500. The number of aromatic amines is 2. The number of nitrogens with one attached hydrogen (secondary N) is 11. The average molecular weight is 1230 g/mol. The summed E-state index contributed by atoms with van der Waals surface area (Å²) in [4.78, 5) is 174. The molecule has 6 rings (SSSR count). The van der Waals surface area contributed by atoms with E-state index in [2.05, 4.69) is 62.8 Å². The van der Waals surface area contributed by atoms with Crippen molar-refractivity contribution >= 4 is 81.9 Å². The highest BCUT2D eigenvalue weighted by Gasteiger charge is 2.40. The second kappa shape index (κ2) is 32.9. The number of carbonyl (C=O) groups excluding carboxylic acids is 11. The molecule has 476 valence electrons. The number of aliphatic hydroxyl groups is 1. The van der Waals surface area contributed by atoms with Gasteiger partial charge in [-0.25, -0.2) is 4.98 Å². The molecule has 0 unspecified atom stereocenters. The number of benzene rings is 2. The van der Waals surface area contributed by atoms with Crippen LogP contribution in [-0.4, -0.2) is 187 Å². The molecular formula is C58H79N15O15. The second-order valence-electron chi connectivity index (χ2n) is 22.2. The first-order valence-corrected chi connectivity index (χ1v) is 29.1. The topological polar surface area (TPSA) is 474 Å². The van der Waals surface area contributed by atoms with Crippen molar-refractivity contribution < 1.29 is 72.9 Å². The second-order valence-corrected chi connectivity index (χ2v) is 22.2. The fourth-order valence-electron chi connectivity index (χ4n) is 10.3. The number of aliphatic hydroxyl groups excluding tert-OH is 1. The number of hydrogen-bond acceptors (Lipinski definition) is 16. The van der Waals surface area contributed by atoms with Crippen LogP contribution in [0.3, 0.4) is 0 Å². The third-order valence-corrected chi connectivity index (χ3v) is 14.9. The number of unbranched alkanes of at least 4 members (excludes halogenated alkanes) is 1. The minimum absolute atomic E-state index is 0.0678. The quantitative estimate of drug-likeness (QED) is 0.0206. The molecule has 9 atom stereocenters. The zero-order valence-electron chi connectivity index (χ0n) is 48.9. The van der Waals surface area contributed by atoms with Crippen LogP contribution in [0.15, 0.2) is 67.3 Å². The van der Waals surface area contributed by atoms with Crippen LogP contribution in [0.5, 0.6) is 5.75 Å². The maximum absolute atomic E-state index is 14.7. The van der Waals surface area contributed by atoms with Gasteiger partial charge in [-0.3, -0.25) is 57.5 Å². The maximum Gasteiger partial charge on any atom is 0.303 e. The van der Waals surface area contributed by atoms with Crippen molar-refractivity contribution in [3.63, 3.8) is 0 Å². The largest absolute Gasteiger partial charge is 0.508 e. The van der Waals surface area contributed by atoms with Crippen LogP contribution in [0.1, 0.15) is 94.9 Å². The van der Waals surface area contributed by atoms with Crippen LogP contribution in [0.25, 0.3) is 10.9 Å². The van der Waals surface area contributed by atoms with Crippen LogP contribution in [0.4, 0.5) is 0 Å². The summed E-state index contributed by atoms with van der Waals surface area (Å²) in [5, 5.41) is 54.2. The number of rotatable bonds is 34. The average Bonchev–Trinajstić information content (AvgIpc) is 4.59. The number of amides is 11. The number of carboxylic acids is 1. The van der Waals surface area contributed by atoms with Crippen LogP contribution in [-0.2, 0) is 76.8 Å². The number of aromatic hydroxyl groups is 1. The molecule has 0 spiro atoms. The Labute approximate surface area is 506 Å². The van der Waals surface area contributed by atoms with Gasteiger partial charge in [0.2, 0.25) is 65.0 Å². The molecule has 30 heteroatoms. The predicted octanol–water partition coefficient (Wildman–Crippen LogP) is -3.08. The van der Waals surface area contributed by atoms with Gasteiger partial charge >= 0.3 is 5.97 Å². The van der Waals surface area contributed by atoms with Crippen molar-refractivity contribution in [3.05, 3.63) is 84.1 Å². The third-order valence-electron chi connectivity index (χ3n) is 14.9. The lowest BCUT2D eigenvalue weighted by Crippen LogP contribution is -2.61. The SMILES string of the molecule is CC(C)C[C@H](NC(=O)[C@H](CO)NC(=O)[C@H](Cc1ccc(O)cc1)NC(=O)[C@H](Cc1cnc[nH]1)NC(=O)[C@@H]1CCC(=O)N1)C(=O)N[C@@H](CCC(=O)O)C(=O)N[C@@H](Cc1c[nH]c2ccccc12)C(=O)N[C@@H](CCCCN)C(=O)N1CCC[C@H]1C(=O)NCC(N)=O. The molecular weight excluding hydrogens is 1150 g/mol. The third kappa shape index (κ3) is 20.1. The fourth-order valence-corrected chi connectivity index (χ4v) is 10.3. The number of phenolic OH excluding ortho intramolecular Hbond substituents is 1. The number of carbonyl (C=O) groups is 12. The van der Waals surface area contributed by atoms with E-state index in [-0.39, 0.29) is 82.0 Å². The molecule has 4 aromatic rings. The normalized spacial score (nSPS) is 17.0. The van der Waals surface area contributed by atoms with E-state index in [1.165, 1.54) is 41.7 Å². The molecule has 2 saturated heterocycles. The first-order chi connectivity index (χ1) is 42.0. The van der Waals surface area contributed by atoms with Crippen molar-refractivity contribution in [3.8, 4) is 5.75 Å². The zero-order chi connectivity index (χ0) is 64.0. The van der Waals surface area contributed by atoms with Gasteiger partial charge in [0.25, 0.3) is 0 Å². The van der Waals surface area contributed by atoms with Gasteiger partial charge in [-0.05, 0) is 93.2 Å². The van der Waals surface area contributed by atoms with E-state index in [1.54, 1.807) is 44.3 Å². The highest BCUT2D eigenvalue weighted by molar-refractivity contribution is 6.00. The molecule has 30 nitrogen and oxygen atoms in total. The molecule has 88 heavy (non-hydrogen) atoms. The van der Waals surface area contributed by atoms with E-state index in [0.29, 0.717) is 47.0 Å². The van der Waals surface area contributed by atoms with Crippen LogP contribution >= 0.6 is 0 Å². The summed E-state index contributed by atoms with van der Waals surface area (Å²) in [5.74, 6) is -10.7. The van der Waals surface area contributed by atoms with Gasteiger partial charge in [-0.15, -0.1) is 0 Å². The number of carboxylic acid groups (broad SMARTS) is 1. The molecule has 2 aromatic carbocycles. The molecule has 11 amide bonds. The number of H-pyrrole nitrogens is 2. The molecule has 0 bridgehead atoms. The minimum atomic E-state index is -1.79. The Kier molecular flexibility index (Phi) is 25.3. The zero-order valence-corrected chi connectivity index (χ0v) is 48.9. The Balaban J connectivity index is 1.22. The first kappa shape index (κ1) is 67.7. The van der Waals surface area contributed by atoms with Crippen LogP contribution < -0.4 is 59.3 Å². The van der Waals surface area contributed by atoms with E-state index < -0.39 is 145 Å². The van der Waals surface area contributed by atoms with Gasteiger partial charge in [-0.1, -0.05) is 44.2 Å². The lowest BCUT2D eigenvalue weighted by molar-refractivity contribution is -0.142. The Morgan fingerprint density at radius 2 is 1.32 bits per heavy atom. The summed E-state index contributed by atoms with van der Waals surface area (Å²) in [7, 11) is 0. The number of fused-ring (bicyclic) bond motifs is 1. The van der Waals surface area contributed by atoms with Crippen molar-refractivity contribution in [2.75, 3.05) is 26.2 Å². The Bertz CT molecular complexity index is 3120. The molecule has 2 aliphatic rings. The Morgan fingerprint density at radius 3 is 1.94 bits per heavy atom. The van der Waals surface area contributed by atoms with Gasteiger partial charge in [0.1, 0.15) is 60.1 Å². The number of imidazole rings is 1. The molecule has 0 aliphatic carbocycles. The number of primary amides is 1. The summed E-state index contributed by atoms with van der Waals surface area (Å²) in [5.41, 5.74) is 13.1. The van der Waals surface area contributed by atoms with Crippen LogP contribution in [0, 0.1) is 5.92 Å². The molecule has 0 saturated carbocycles. The number of phenols is 1. The monoisotopic (exact) mass is 1230 g/mol. The predicted molar refractivity (Wildman–Crippen MR) is 314 cm³/mol. The van der Waals surface area contributed by atoms with Crippen molar-refractivity contribution in [2.45, 2.75) is 152 Å². The maximum atomic E-state index is 14.7. The van der Waals surface area contributed by atoms with Gasteiger partial charge in [-0.2, -0.15) is 0 Å². The number of aliphatic carboxylic acids is 1. The number of likely N-dealkylation sites (tertiary alicyclic amines) is 1. The highest BCUT2D eigenvalue weighted by Crippen LogP contribution is 2.23. The molecule has 4 heterocycles. The number of hydrogen-bond donors (Lipinski definition) is 16. The summed E-state index contributed by atoms with van der Waals surface area (Å²) in [6.07, 6.45) is 4.34. The molecule has 2 aliphatic heterocycles. The van der Waals surface area contributed by atoms with E-state index in [0.717, 1.165) is 0 Å². The van der Waals surface area contributed by atoms with Gasteiger partial charge in [0.05, 0.1) is 19.5 Å². The van der Waals surface area contributed by atoms with E-state index >= 15 is 0 Å². The van der Waals surface area contributed by atoms with Gasteiger partial charge in [0.15, 0.2) is 0 Å². The Morgan fingerprint density at radius 1 is 0.705 bits per heavy atom.